The third-order valence-electron chi connectivity index (χ3n) is 5.87. The Morgan fingerprint density at radius 2 is 2.11 bits per heavy atom. The number of benzene rings is 2. The normalized spacial score (nSPS) is 16.3. The van der Waals surface area contributed by atoms with Crippen molar-refractivity contribution in [1.82, 2.24) is 14.9 Å². The van der Waals surface area contributed by atoms with Crippen LogP contribution >= 0.6 is 0 Å². The summed E-state index contributed by atoms with van der Waals surface area (Å²) in [6.07, 6.45) is 5.02. The van der Waals surface area contributed by atoms with Crippen LogP contribution in [0.15, 0.2) is 48.7 Å². The molecule has 1 unspecified atom stereocenters. The van der Waals surface area contributed by atoms with Gasteiger partial charge in [0.2, 0.25) is 0 Å². The first kappa shape index (κ1) is 16.9. The quantitative estimate of drug-likeness (QED) is 0.556. The van der Waals surface area contributed by atoms with E-state index in [1.165, 1.54) is 10.9 Å². The Hall–Kier alpha value is -3.21. The molecule has 0 fully saturated rings. The summed E-state index contributed by atoms with van der Waals surface area (Å²) >= 11 is 0. The molecule has 1 amide bonds. The number of nitrogens with zero attached hydrogens (tertiary/aromatic N) is 1. The second-order valence-electron chi connectivity index (χ2n) is 7.55. The predicted octanol–water partition coefficient (Wildman–Crippen LogP) is 4.48. The van der Waals surface area contributed by atoms with Crippen LogP contribution in [0.5, 0.6) is 5.75 Å². The SMILES string of the molecule is COc1ccc2[nH]c3c(c2c1)CCCC3NC(=O)c1ccc2ccn(C)c2c1. The molecule has 5 heteroatoms. The van der Waals surface area contributed by atoms with Gasteiger partial charge in [0, 0.05) is 40.9 Å². The summed E-state index contributed by atoms with van der Waals surface area (Å²) in [5.41, 5.74) is 5.28. The summed E-state index contributed by atoms with van der Waals surface area (Å²) in [4.78, 5) is 16.5. The highest BCUT2D eigenvalue weighted by Crippen LogP contribution is 2.36. The van der Waals surface area contributed by atoms with Crippen molar-refractivity contribution in [2.75, 3.05) is 7.11 Å². The summed E-state index contributed by atoms with van der Waals surface area (Å²) < 4.78 is 7.42. The lowest BCUT2D eigenvalue weighted by molar-refractivity contribution is 0.0932. The maximum Gasteiger partial charge on any atom is 0.251 e. The van der Waals surface area contributed by atoms with E-state index >= 15 is 0 Å². The molecule has 0 bridgehead atoms. The average Bonchev–Trinajstić information content (AvgIpc) is 3.28. The van der Waals surface area contributed by atoms with Gasteiger partial charge in [-0.2, -0.15) is 0 Å². The Morgan fingerprint density at radius 1 is 1.21 bits per heavy atom. The van der Waals surface area contributed by atoms with E-state index < -0.39 is 0 Å². The first-order valence-electron chi connectivity index (χ1n) is 9.68. The van der Waals surface area contributed by atoms with Crippen molar-refractivity contribution >= 4 is 27.7 Å². The minimum absolute atomic E-state index is 0.00115. The van der Waals surface area contributed by atoms with E-state index in [1.54, 1.807) is 7.11 Å². The highest BCUT2D eigenvalue weighted by atomic mass is 16.5. The molecule has 5 rings (SSSR count). The largest absolute Gasteiger partial charge is 0.497 e. The Balaban J connectivity index is 1.47. The van der Waals surface area contributed by atoms with Gasteiger partial charge < -0.3 is 19.6 Å². The molecule has 2 heterocycles. The highest BCUT2D eigenvalue weighted by Gasteiger charge is 2.26. The zero-order valence-corrected chi connectivity index (χ0v) is 16.1. The summed E-state index contributed by atoms with van der Waals surface area (Å²) in [6, 6.07) is 14.0. The summed E-state index contributed by atoms with van der Waals surface area (Å²) in [5, 5.41) is 5.58. The number of hydrogen-bond acceptors (Lipinski definition) is 2. The Bertz CT molecular complexity index is 1200. The number of methoxy groups -OCH3 is 1. The molecule has 4 aromatic rings. The standard InChI is InChI=1S/C23H23N3O2/c1-26-11-10-14-6-7-15(12-21(14)26)23(27)25-20-5-3-4-17-18-13-16(28-2)8-9-19(18)24-22(17)20/h6-13,20,24H,3-5H2,1-2H3,(H,25,27). The van der Waals surface area contributed by atoms with Gasteiger partial charge in [0.15, 0.2) is 0 Å². The topological polar surface area (TPSA) is 59.0 Å². The number of aromatic amines is 1. The third kappa shape index (κ3) is 2.66. The number of fused-ring (bicyclic) bond motifs is 4. The van der Waals surface area contributed by atoms with Gasteiger partial charge in [-0.3, -0.25) is 4.79 Å². The lowest BCUT2D eigenvalue weighted by Crippen LogP contribution is -2.31. The number of hydrogen-bond donors (Lipinski definition) is 2. The molecule has 142 valence electrons. The lowest BCUT2D eigenvalue weighted by atomic mass is 9.91. The Kier molecular flexibility index (Phi) is 3.90. The Morgan fingerprint density at radius 3 is 2.96 bits per heavy atom. The van der Waals surface area contributed by atoms with Crippen molar-refractivity contribution < 1.29 is 9.53 Å². The molecular formula is C23H23N3O2. The van der Waals surface area contributed by atoms with E-state index in [9.17, 15) is 4.79 Å². The fourth-order valence-electron chi connectivity index (χ4n) is 4.36. The summed E-state index contributed by atoms with van der Waals surface area (Å²) in [7, 11) is 3.68. The molecule has 0 saturated heterocycles. The van der Waals surface area contributed by atoms with Gasteiger partial charge in [0.05, 0.1) is 13.2 Å². The van der Waals surface area contributed by atoms with Crippen molar-refractivity contribution in [3.05, 3.63) is 65.5 Å². The smallest absolute Gasteiger partial charge is 0.251 e. The van der Waals surface area contributed by atoms with Gasteiger partial charge in [-0.25, -0.2) is 0 Å². The average molecular weight is 373 g/mol. The van der Waals surface area contributed by atoms with Gasteiger partial charge in [-0.1, -0.05) is 6.07 Å². The van der Waals surface area contributed by atoms with E-state index in [0.29, 0.717) is 5.56 Å². The number of carbonyl (C=O) groups is 1. The van der Waals surface area contributed by atoms with Crippen molar-refractivity contribution in [3.63, 3.8) is 0 Å². The molecule has 0 aliphatic heterocycles. The van der Waals surface area contributed by atoms with Crippen molar-refractivity contribution in [2.45, 2.75) is 25.3 Å². The van der Waals surface area contributed by atoms with Crippen LogP contribution in [0.3, 0.4) is 0 Å². The molecule has 0 saturated carbocycles. The second-order valence-corrected chi connectivity index (χ2v) is 7.55. The first-order valence-corrected chi connectivity index (χ1v) is 9.68. The number of amides is 1. The van der Waals surface area contributed by atoms with Crippen molar-refractivity contribution in [1.29, 1.82) is 0 Å². The van der Waals surface area contributed by atoms with Gasteiger partial charge in [0.25, 0.3) is 5.91 Å². The number of carbonyl (C=O) groups excluding carboxylic acids is 1. The number of H-pyrrole nitrogens is 1. The molecule has 1 atom stereocenters. The minimum atomic E-state index is -0.0304. The van der Waals surface area contributed by atoms with Gasteiger partial charge in [-0.15, -0.1) is 0 Å². The molecule has 1 aliphatic rings. The van der Waals surface area contributed by atoms with E-state index in [1.807, 2.05) is 42.1 Å². The second kappa shape index (κ2) is 6.44. The minimum Gasteiger partial charge on any atom is -0.497 e. The molecule has 1 aliphatic carbocycles. The molecule has 2 aromatic heterocycles. The van der Waals surface area contributed by atoms with Gasteiger partial charge in [0.1, 0.15) is 5.75 Å². The number of rotatable bonds is 3. The van der Waals surface area contributed by atoms with Crippen LogP contribution in [0, 0.1) is 0 Å². The monoisotopic (exact) mass is 373 g/mol. The number of aryl methyl sites for hydroxylation is 2. The first-order chi connectivity index (χ1) is 13.6. The van der Waals surface area contributed by atoms with Crippen LogP contribution in [-0.2, 0) is 13.5 Å². The lowest BCUT2D eigenvalue weighted by Gasteiger charge is -2.24. The zero-order chi connectivity index (χ0) is 19.3. The molecule has 28 heavy (non-hydrogen) atoms. The van der Waals surface area contributed by atoms with Crippen LogP contribution in [0.4, 0.5) is 0 Å². The van der Waals surface area contributed by atoms with Crippen LogP contribution in [0.1, 0.15) is 40.5 Å². The van der Waals surface area contributed by atoms with Gasteiger partial charge in [-0.05, 0) is 66.6 Å². The van der Waals surface area contributed by atoms with Crippen molar-refractivity contribution in [2.24, 2.45) is 7.05 Å². The van der Waals surface area contributed by atoms with Crippen LogP contribution in [-0.4, -0.2) is 22.6 Å². The molecule has 2 N–H and O–H groups in total. The van der Waals surface area contributed by atoms with Crippen LogP contribution in [0.2, 0.25) is 0 Å². The number of ether oxygens (including phenoxy) is 1. The fourth-order valence-corrected chi connectivity index (χ4v) is 4.36. The van der Waals surface area contributed by atoms with E-state index in [2.05, 4.69) is 28.5 Å². The third-order valence-corrected chi connectivity index (χ3v) is 5.87. The van der Waals surface area contributed by atoms with E-state index in [4.69, 9.17) is 4.74 Å². The molecule has 2 aromatic carbocycles. The molecular weight excluding hydrogens is 350 g/mol. The summed E-state index contributed by atoms with van der Waals surface area (Å²) in [6.45, 7) is 0. The highest BCUT2D eigenvalue weighted by molar-refractivity contribution is 5.98. The van der Waals surface area contributed by atoms with E-state index in [0.717, 1.165) is 47.1 Å². The maximum absolute atomic E-state index is 13.0. The Labute approximate surface area is 163 Å². The van der Waals surface area contributed by atoms with Gasteiger partial charge >= 0.3 is 0 Å². The number of nitrogens with one attached hydrogen (secondary N) is 2. The van der Waals surface area contributed by atoms with Crippen LogP contribution < -0.4 is 10.1 Å². The molecule has 5 nitrogen and oxygen atoms in total. The maximum atomic E-state index is 13.0. The number of aromatic nitrogens is 2. The fraction of sp³-hybridized carbons (Fsp3) is 0.261. The summed E-state index contributed by atoms with van der Waals surface area (Å²) in [5.74, 6) is 0.827. The van der Waals surface area contributed by atoms with E-state index in [-0.39, 0.29) is 11.9 Å². The van der Waals surface area contributed by atoms with Crippen LogP contribution in [0.25, 0.3) is 21.8 Å². The van der Waals surface area contributed by atoms with Crippen molar-refractivity contribution in [3.8, 4) is 5.75 Å². The zero-order valence-electron chi connectivity index (χ0n) is 16.1. The predicted molar refractivity (Wildman–Crippen MR) is 111 cm³/mol. The molecule has 0 spiro atoms. The molecule has 0 radical (unpaired) electrons.